The molecule has 0 spiro atoms. The van der Waals surface area contributed by atoms with Gasteiger partial charge in [0.25, 0.3) is 0 Å². The predicted molar refractivity (Wildman–Crippen MR) is 50.6 cm³/mol. The lowest BCUT2D eigenvalue weighted by Crippen LogP contribution is -2.15. The van der Waals surface area contributed by atoms with E-state index in [1.807, 2.05) is 0 Å². The second-order valence-corrected chi connectivity index (χ2v) is 2.73. The molecule has 0 aliphatic heterocycles. The van der Waals surface area contributed by atoms with Crippen LogP contribution in [0.25, 0.3) is 0 Å². The molecule has 1 N–H and O–H groups in total. The van der Waals surface area contributed by atoms with E-state index < -0.39 is 0 Å². The van der Waals surface area contributed by atoms with Crippen molar-refractivity contribution in [2.24, 2.45) is 0 Å². The van der Waals surface area contributed by atoms with Crippen LogP contribution in [0.5, 0.6) is 5.88 Å². The maximum absolute atomic E-state index is 4.96. The SMILES string of the molecule is CCCNCc1cncc(OC)n1. The minimum Gasteiger partial charge on any atom is -0.480 e. The van der Waals surface area contributed by atoms with Gasteiger partial charge in [0.05, 0.1) is 19.0 Å². The fourth-order valence-electron chi connectivity index (χ4n) is 0.963. The van der Waals surface area contributed by atoms with Gasteiger partial charge in [0.2, 0.25) is 5.88 Å². The third kappa shape index (κ3) is 3.38. The molecule has 0 fully saturated rings. The lowest BCUT2D eigenvalue weighted by Gasteiger charge is -2.03. The van der Waals surface area contributed by atoms with Crippen molar-refractivity contribution in [3.8, 4) is 5.88 Å². The zero-order valence-electron chi connectivity index (χ0n) is 8.08. The highest BCUT2D eigenvalue weighted by Crippen LogP contribution is 2.02. The first-order chi connectivity index (χ1) is 6.36. The Morgan fingerprint density at radius 3 is 3.00 bits per heavy atom. The monoisotopic (exact) mass is 181 g/mol. The zero-order chi connectivity index (χ0) is 9.52. The van der Waals surface area contributed by atoms with Gasteiger partial charge < -0.3 is 10.1 Å². The first-order valence-corrected chi connectivity index (χ1v) is 4.42. The Morgan fingerprint density at radius 1 is 1.46 bits per heavy atom. The molecule has 1 rings (SSSR count). The van der Waals surface area contributed by atoms with Crippen LogP contribution in [0.1, 0.15) is 19.0 Å². The fourth-order valence-corrected chi connectivity index (χ4v) is 0.963. The molecular weight excluding hydrogens is 166 g/mol. The van der Waals surface area contributed by atoms with Crippen molar-refractivity contribution < 1.29 is 4.74 Å². The van der Waals surface area contributed by atoms with Gasteiger partial charge in [0.15, 0.2) is 0 Å². The molecule has 13 heavy (non-hydrogen) atoms. The quantitative estimate of drug-likeness (QED) is 0.688. The molecule has 0 saturated heterocycles. The van der Waals surface area contributed by atoms with Crippen molar-refractivity contribution in [3.05, 3.63) is 18.1 Å². The summed E-state index contributed by atoms with van der Waals surface area (Å²) in [7, 11) is 1.59. The number of methoxy groups -OCH3 is 1. The van der Waals surface area contributed by atoms with E-state index in [-0.39, 0.29) is 0 Å². The molecule has 0 amide bonds. The summed E-state index contributed by atoms with van der Waals surface area (Å²) in [6, 6.07) is 0. The molecule has 0 aliphatic carbocycles. The molecule has 72 valence electrons. The predicted octanol–water partition coefficient (Wildman–Crippen LogP) is 0.985. The van der Waals surface area contributed by atoms with E-state index in [2.05, 4.69) is 22.2 Å². The number of rotatable bonds is 5. The van der Waals surface area contributed by atoms with Gasteiger partial charge in [0.1, 0.15) is 0 Å². The van der Waals surface area contributed by atoms with Crippen LogP contribution in [0.2, 0.25) is 0 Å². The number of hydrogen-bond donors (Lipinski definition) is 1. The molecule has 0 atom stereocenters. The van der Waals surface area contributed by atoms with Crippen LogP contribution >= 0.6 is 0 Å². The highest BCUT2D eigenvalue weighted by atomic mass is 16.5. The minimum absolute atomic E-state index is 0.566. The Labute approximate surface area is 78.4 Å². The lowest BCUT2D eigenvalue weighted by atomic mass is 10.4. The Bertz CT molecular complexity index is 252. The summed E-state index contributed by atoms with van der Waals surface area (Å²) < 4.78 is 4.96. The van der Waals surface area contributed by atoms with Crippen molar-refractivity contribution in [1.82, 2.24) is 15.3 Å². The van der Waals surface area contributed by atoms with E-state index in [1.165, 1.54) is 0 Å². The number of ether oxygens (including phenoxy) is 1. The summed E-state index contributed by atoms with van der Waals surface area (Å²) in [5.74, 6) is 0.566. The molecular formula is C9H15N3O. The van der Waals surface area contributed by atoms with Crippen LogP contribution in [0.15, 0.2) is 12.4 Å². The standard InChI is InChI=1S/C9H15N3O/c1-3-4-10-5-8-6-11-7-9(12-8)13-2/h6-7,10H,3-5H2,1-2H3. The number of nitrogens with one attached hydrogen (secondary N) is 1. The van der Waals surface area contributed by atoms with E-state index in [0.29, 0.717) is 5.88 Å². The maximum atomic E-state index is 4.96. The Balaban J connectivity index is 2.46. The summed E-state index contributed by atoms with van der Waals surface area (Å²) in [5.41, 5.74) is 0.910. The van der Waals surface area contributed by atoms with E-state index in [0.717, 1.165) is 25.2 Å². The van der Waals surface area contributed by atoms with Crippen LogP contribution in [0, 0.1) is 0 Å². The van der Waals surface area contributed by atoms with Crippen LogP contribution in [-0.4, -0.2) is 23.6 Å². The van der Waals surface area contributed by atoms with Crippen molar-refractivity contribution in [2.45, 2.75) is 19.9 Å². The summed E-state index contributed by atoms with van der Waals surface area (Å²) in [5, 5.41) is 3.24. The van der Waals surface area contributed by atoms with Crippen LogP contribution in [0.3, 0.4) is 0 Å². The van der Waals surface area contributed by atoms with Gasteiger partial charge in [0, 0.05) is 12.7 Å². The van der Waals surface area contributed by atoms with E-state index in [1.54, 1.807) is 19.5 Å². The molecule has 1 aromatic heterocycles. The van der Waals surface area contributed by atoms with Gasteiger partial charge in [-0.3, -0.25) is 4.98 Å². The van der Waals surface area contributed by atoms with Gasteiger partial charge in [-0.2, -0.15) is 0 Å². The summed E-state index contributed by atoms with van der Waals surface area (Å²) >= 11 is 0. The third-order valence-corrected chi connectivity index (χ3v) is 1.60. The Hall–Kier alpha value is -1.16. The van der Waals surface area contributed by atoms with Crippen LogP contribution in [0.4, 0.5) is 0 Å². The first-order valence-electron chi connectivity index (χ1n) is 4.42. The number of hydrogen-bond acceptors (Lipinski definition) is 4. The Kier molecular flexibility index (Phi) is 4.18. The maximum Gasteiger partial charge on any atom is 0.232 e. The first kappa shape index (κ1) is 9.92. The normalized spacial score (nSPS) is 10.0. The molecule has 4 heteroatoms. The lowest BCUT2D eigenvalue weighted by molar-refractivity contribution is 0.393. The van der Waals surface area contributed by atoms with Crippen molar-refractivity contribution in [2.75, 3.05) is 13.7 Å². The Morgan fingerprint density at radius 2 is 2.31 bits per heavy atom. The third-order valence-electron chi connectivity index (χ3n) is 1.60. The van der Waals surface area contributed by atoms with Gasteiger partial charge in [-0.05, 0) is 13.0 Å². The second kappa shape index (κ2) is 5.48. The molecule has 0 bridgehead atoms. The van der Waals surface area contributed by atoms with Gasteiger partial charge in [-0.15, -0.1) is 0 Å². The molecule has 1 aromatic rings. The minimum atomic E-state index is 0.566. The van der Waals surface area contributed by atoms with Gasteiger partial charge in [-0.25, -0.2) is 4.98 Å². The molecule has 1 heterocycles. The molecule has 0 aliphatic rings. The summed E-state index contributed by atoms with van der Waals surface area (Å²) in [4.78, 5) is 8.22. The average Bonchev–Trinajstić information content (AvgIpc) is 2.19. The largest absolute Gasteiger partial charge is 0.480 e. The molecule has 0 unspecified atom stereocenters. The van der Waals surface area contributed by atoms with Crippen molar-refractivity contribution in [3.63, 3.8) is 0 Å². The topological polar surface area (TPSA) is 47.0 Å². The number of nitrogens with zero attached hydrogens (tertiary/aromatic N) is 2. The molecule has 0 saturated carbocycles. The van der Waals surface area contributed by atoms with Crippen LogP contribution in [-0.2, 0) is 6.54 Å². The molecule has 0 aromatic carbocycles. The highest BCUT2D eigenvalue weighted by molar-refractivity contribution is 5.07. The zero-order valence-corrected chi connectivity index (χ0v) is 8.08. The van der Waals surface area contributed by atoms with E-state index >= 15 is 0 Å². The second-order valence-electron chi connectivity index (χ2n) is 2.73. The summed E-state index contributed by atoms with van der Waals surface area (Å²) in [6.45, 7) is 3.88. The van der Waals surface area contributed by atoms with E-state index in [9.17, 15) is 0 Å². The smallest absolute Gasteiger partial charge is 0.232 e. The number of aromatic nitrogens is 2. The van der Waals surface area contributed by atoms with E-state index in [4.69, 9.17) is 4.74 Å². The van der Waals surface area contributed by atoms with Crippen LogP contribution < -0.4 is 10.1 Å². The highest BCUT2D eigenvalue weighted by Gasteiger charge is 1.96. The van der Waals surface area contributed by atoms with Gasteiger partial charge in [-0.1, -0.05) is 6.92 Å². The fraction of sp³-hybridized carbons (Fsp3) is 0.556. The average molecular weight is 181 g/mol. The van der Waals surface area contributed by atoms with Crippen molar-refractivity contribution in [1.29, 1.82) is 0 Å². The molecule has 4 nitrogen and oxygen atoms in total. The van der Waals surface area contributed by atoms with Crippen molar-refractivity contribution >= 4 is 0 Å². The molecule has 0 radical (unpaired) electrons. The van der Waals surface area contributed by atoms with Gasteiger partial charge >= 0.3 is 0 Å². The summed E-state index contributed by atoms with van der Waals surface area (Å²) in [6.07, 6.45) is 4.46.